The third kappa shape index (κ3) is 2.20. The molecule has 0 aliphatic heterocycles. The minimum Gasteiger partial charge on any atom is -0.497 e. The van der Waals surface area contributed by atoms with Crippen LogP contribution in [0, 0.1) is 6.92 Å². The van der Waals surface area contributed by atoms with Crippen molar-refractivity contribution in [2.75, 3.05) is 13.7 Å². The molecule has 0 saturated carbocycles. The van der Waals surface area contributed by atoms with Crippen LogP contribution in [0.4, 0.5) is 0 Å². The maximum absolute atomic E-state index is 5.82. The molecular weight excluding hydrogens is 164 g/mol. The summed E-state index contributed by atoms with van der Waals surface area (Å²) in [6.07, 6.45) is 0. The van der Waals surface area contributed by atoms with Crippen LogP contribution in [0.3, 0.4) is 0 Å². The topological polar surface area (TPSA) is 61.3 Å². The van der Waals surface area contributed by atoms with E-state index in [0.29, 0.717) is 6.54 Å². The predicted octanol–water partition coefficient (Wildman–Crippen LogP) is 0.962. The molecule has 0 spiro atoms. The van der Waals surface area contributed by atoms with Gasteiger partial charge < -0.3 is 16.2 Å². The van der Waals surface area contributed by atoms with E-state index in [0.717, 1.165) is 16.9 Å². The smallest absolute Gasteiger partial charge is 0.119 e. The Labute approximate surface area is 78.7 Å². The van der Waals surface area contributed by atoms with Crippen molar-refractivity contribution >= 4 is 0 Å². The van der Waals surface area contributed by atoms with E-state index in [1.165, 1.54) is 0 Å². The van der Waals surface area contributed by atoms with E-state index in [1.54, 1.807) is 7.11 Å². The van der Waals surface area contributed by atoms with Crippen molar-refractivity contribution < 1.29 is 4.74 Å². The molecule has 3 nitrogen and oxygen atoms in total. The summed E-state index contributed by atoms with van der Waals surface area (Å²) in [6.45, 7) is 2.47. The van der Waals surface area contributed by atoms with Crippen LogP contribution in [0.1, 0.15) is 17.2 Å². The van der Waals surface area contributed by atoms with E-state index >= 15 is 0 Å². The number of methoxy groups -OCH3 is 1. The summed E-state index contributed by atoms with van der Waals surface area (Å²) in [6, 6.07) is 5.75. The molecule has 1 unspecified atom stereocenters. The lowest BCUT2D eigenvalue weighted by Gasteiger charge is -2.13. The van der Waals surface area contributed by atoms with Gasteiger partial charge in [0, 0.05) is 12.6 Å². The standard InChI is InChI=1S/C10H16N2O/c1-7-5-8(13-2)3-4-9(7)10(12)6-11/h3-5,10H,6,11-12H2,1-2H3. The predicted molar refractivity (Wildman–Crippen MR) is 53.7 cm³/mol. The third-order valence-electron chi connectivity index (χ3n) is 2.13. The molecular formula is C10H16N2O. The fourth-order valence-corrected chi connectivity index (χ4v) is 1.32. The van der Waals surface area contributed by atoms with Gasteiger partial charge in [0.25, 0.3) is 0 Å². The van der Waals surface area contributed by atoms with E-state index in [2.05, 4.69) is 0 Å². The van der Waals surface area contributed by atoms with E-state index < -0.39 is 0 Å². The fourth-order valence-electron chi connectivity index (χ4n) is 1.32. The van der Waals surface area contributed by atoms with E-state index in [-0.39, 0.29) is 6.04 Å². The van der Waals surface area contributed by atoms with Crippen molar-refractivity contribution in [1.29, 1.82) is 0 Å². The second-order valence-corrected chi connectivity index (χ2v) is 3.06. The Kier molecular flexibility index (Phi) is 3.28. The number of nitrogens with two attached hydrogens (primary N) is 2. The summed E-state index contributed by atoms with van der Waals surface area (Å²) in [5.41, 5.74) is 13.5. The average Bonchev–Trinajstić information content (AvgIpc) is 2.16. The lowest BCUT2D eigenvalue weighted by Crippen LogP contribution is -2.21. The van der Waals surface area contributed by atoms with Crippen LogP contribution in [0.2, 0.25) is 0 Å². The summed E-state index contributed by atoms with van der Waals surface area (Å²) in [5, 5.41) is 0. The van der Waals surface area contributed by atoms with Crippen LogP contribution < -0.4 is 16.2 Å². The first-order chi connectivity index (χ1) is 6.19. The van der Waals surface area contributed by atoms with Crippen LogP contribution in [0.25, 0.3) is 0 Å². The molecule has 0 bridgehead atoms. The van der Waals surface area contributed by atoms with Gasteiger partial charge in [0.15, 0.2) is 0 Å². The van der Waals surface area contributed by atoms with Crippen molar-refractivity contribution in [3.63, 3.8) is 0 Å². The second kappa shape index (κ2) is 4.25. The molecule has 1 aromatic carbocycles. The summed E-state index contributed by atoms with van der Waals surface area (Å²) in [4.78, 5) is 0. The van der Waals surface area contributed by atoms with Crippen LogP contribution in [-0.4, -0.2) is 13.7 Å². The van der Waals surface area contributed by atoms with Crippen molar-refractivity contribution in [2.24, 2.45) is 11.5 Å². The summed E-state index contributed by atoms with van der Waals surface area (Å²) < 4.78 is 5.09. The highest BCUT2D eigenvalue weighted by Gasteiger charge is 2.06. The lowest BCUT2D eigenvalue weighted by atomic mass is 10.0. The van der Waals surface area contributed by atoms with Crippen molar-refractivity contribution in [3.05, 3.63) is 29.3 Å². The molecule has 72 valence electrons. The molecule has 4 N–H and O–H groups in total. The molecule has 0 saturated heterocycles. The normalized spacial score (nSPS) is 12.6. The van der Waals surface area contributed by atoms with Gasteiger partial charge in [-0.3, -0.25) is 0 Å². The minimum absolute atomic E-state index is 0.0779. The zero-order chi connectivity index (χ0) is 9.84. The SMILES string of the molecule is COc1ccc(C(N)CN)c(C)c1. The number of hydrogen-bond donors (Lipinski definition) is 2. The van der Waals surface area contributed by atoms with Gasteiger partial charge in [0.05, 0.1) is 7.11 Å². The van der Waals surface area contributed by atoms with Gasteiger partial charge >= 0.3 is 0 Å². The Bertz CT molecular complexity index is 286. The molecule has 0 fully saturated rings. The minimum atomic E-state index is -0.0779. The number of rotatable bonds is 3. The molecule has 0 aromatic heterocycles. The van der Waals surface area contributed by atoms with Crippen LogP contribution in [0.5, 0.6) is 5.75 Å². The highest BCUT2D eigenvalue weighted by molar-refractivity contribution is 5.36. The molecule has 0 aliphatic rings. The first-order valence-corrected chi connectivity index (χ1v) is 4.29. The third-order valence-corrected chi connectivity index (χ3v) is 2.13. The quantitative estimate of drug-likeness (QED) is 0.728. The second-order valence-electron chi connectivity index (χ2n) is 3.06. The summed E-state index contributed by atoms with van der Waals surface area (Å²) >= 11 is 0. The van der Waals surface area contributed by atoms with Gasteiger partial charge in [-0.05, 0) is 30.2 Å². The van der Waals surface area contributed by atoms with Crippen LogP contribution >= 0.6 is 0 Å². The average molecular weight is 180 g/mol. The number of benzene rings is 1. The molecule has 0 amide bonds. The molecule has 0 radical (unpaired) electrons. The Hall–Kier alpha value is -1.06. The van der Waals surface area contributed by atoms with E-state index in [9.17, 15) is 0 Å². The van der Waals surface area contributed by atoms with Gasteiger partial charge in [-0.2, -0.15) is 0 Å². The van der Waals surface area contributed by atoms with Crippen molar-refractivity contribution in [1.82, 2.24) is 0 Å². The van der Waals surface area contributed by atoms with Crippen molar-refractivity contribution in [3.8, 4) is 5.75 Å². The van der Waals surface area contributed by atoms with Crippen LogP contribution in [0.15, 0.2) is 18.2 Å². The monoisotopic (exact) mass is 180 g/mol. The van der Waals surface area contributed by atoms with E-state index in [4.69, 9.17) is 16.2 Å². The molecule has 1 rings (SSSR count). The van der Waals surface area contributed by atoms with Gasteiger partial charge in [0.2, 0.25) is 0 Å². The zero-order valence-electron chi connectivity index (χ0n) is 8.08. The molecule has 13 heavy (non-hydrogen) atoms. The van der Waals surface area contributed by atoms with Gasteiger partial charge in [-0.1, -0.05) is 6.07 Å². The molecule has 0 aliphatic carbocycles. The molecule has 1 atom stereocenters. The van der Waals surface area contributed by atoms with E-state index in [1.807, 2.05) is 25.1 Å². The lowest BCUT2D eigenvalue weighted by molar-refractivity contribution is 0.414. The maximum atomic E-state index is 5.82. The Morgan fingerprint density at radius 2 is 2.15 bits per heavy atom. The van der Waals surface area contributed by atoms with Gasteiger partial charge in [0.1, 0.15) is 5.75 Å². The molecule has 0 heterocycles. The Morgan fingerprint density at radius 3 is 2.62 bits per heavy atom. The van der Waals surface area contributed by atoms with Crippen LogP contribution in [-0.2, 0) is 0 Å². The fraction of sp³-hybridized carbons (Fsp3) is 0.400. The highest BCUT2D eigenvalue weighted by atomic mass is 16.5. The number of aryl methyl sites for hydroxylation is 1. The van der Waals surface area contributed by atoms with Crippen molar-refractivity contribution in [2.45, 2.75) is 13.0 Å². The Morgan fingerprint density at radius 1 is 1.46 bits per heavy atom. The summed E-state index contributed by atoms with van der Waals surface area (Å²) in [7, 11) is 1.65. The zero-order valence-corrected chi connectivity index (χ0v) is 8.08. The number of hydrogen-bond acceptors (Lipinski definition) is 3. The highest BCUT2D eigenvalue weighted by Crippen LogP contribution is 2.20. The first kappa shape index (κ1) is 10.0. The maximum Gasteiger partial charge on any atom is 0.119 e. The summed E-state index contributed by atoms with van der Waals surface area (Å²) in [5.74, 6) is 0.852. The largest absolute Gasteiger partial charge is 0.497 e. The Balaban J connectivity index is 2.98. The molecule has 3 heteroatoms. The molecule has 1 aromatic rings. The van der Waals surface area contributed by atoms with Gasteiger partial charge in [-0.25, -0.2) is 0 Å². The van der Waals surface area contributed by atoms with Gasteiger partial charge in [-0.15, -0.1) is 0 Å². The first-order valence-electron chi connectivity index (χ1n) is 4.29. The number of ether oxygens (including phenoxy) is 1.